The van der Waals surface area contributed by atoms with Gasteiger partial charge in [-0.2, -0.15) is 0 Å². The van der Waals surface area contributed by atoms with E-state index >= 15 is 0 Å². The highest BCUT2D eigenvalue weighted by atomic mass is 19.1. The standard InChI is InChI=1S/C19H27FN2O3/c20-16-5-3-14(4-6-16)19(24)15-7-9-22(10-8-15)18(23)13-21-12-17-2-1-11-25-17/h3-6,15,17,19,21,24H,1-2,7-13H2. The lowest BCUT2D eigenvalue weighted by Crippen LogP contribution is -2.44. The molecule has 0 radical (unpaired) electrons. The maximum atomic E-state index is 13.0. The molecule has 0 bridgehead atoms. The second-order valence-electron chi connectivity index (χ2n) is 6.98. The van der Waals surface area contributed by atoms with Gasteiger partial charge in [0.25, 0.3) is 0 Å². The first-order valence-electron chi connectivity index (χ1n) is 9.17. The number of aliphatic hydroxyl groups is 1. The van der Waals surface area contributed by atoms with Crippen LogP contribution in [0.15, 0.2) is 24.3 Å². The van der Waals surface area contributed by atoms with Crippen LogP contribution in [0.5, 0.6) is 0 Å². The summed E-state index contributed by atoms with van der Waals surface area (Å²) in [6, 6.07) is 6.01. The average Bonchev–Trinajstić information content (AvgIpc) is 3.15. The van der Waals surface area contributed by atoms with E-state index in [0.29, 0.717) is 19.6 Å². The number of hydrogen-bond donors (Lipinski definition) is 2. The van der Waals surface area contributed by atoms with Gasteiger partial charge in [-0.05, 0) is 49.3 Å². The summed E-state index contributed by atoms with van der Waals surface area (Å²) in [5.74, 6) is -0.0889. The van der Waals surface area contributed by atoms with Gasteiger partial charge in [0, 0.05) is 26.2 Å². The molecule has 1 aromatic rings. The minimum Gasteiger partial charge on any atom is -0.388 e. The molecule has 2 atom stereocenters. The zero-order valence-electron chi connectivity index (χ0n) is 14.5. The van der Waals surface area contributed by atoms with Gasteiger partial charge in [-0.25, -0.2) is 4.39 Å². The summed E-state index contributed by atoms with van der Waals surface area (Å²) < 4.78 is 18.5. The van der Waals surface area contributed by atoms with Gasteiger partial charge >= 0.3 is 0 Å². The summed E-state index contributed by atoms with van der Waals surface area (Å²) in [6.07, 6.45) is 3.32. The Morgan fingerprint density at radius 3 is 2.64 bits per heavy atom. The maximum Gasteiger partial charge on any atom is 0.236 e. The van der Waals surface area contributed by atoms with E-state index in [-0.39, 0.29) is 23.7 Å². The van der Waals surface area contributed by atoms with Crippen molar-refractivity contribution in [1.29, 1.82) is 0 Å². The Hall–Kier alpha value is -1.50. The molecule has 5 nitrogen and oxygen atoms in total. The molecular formula is C19H27FN2O3. The van der Waals surface area contributed by atoms with Crippen molar-refractivity contribution in [3.8, 4) is 0 Å². The van der Waals surface area contributed by atoms with Crippen molar-refractivity contribution in [1.82, 2.24) is 10.2 Å². The highest BCUT2D eigenvalue weighted by Gasteiger charge is 2.28. The minimum atomic E-state index is -0.601. The second-order valence-corrected chi connectivity index (χ2v) is 6.98. The molecule has 2 saturated heterocycles. The molecule has 2 aliphatic heterocycles. The van der Waals surface area contributed by atoms with Crippen molar-refractivity contribution >= 4 is 5.91 Å². The van der Waals surface area contributed by atoms with Gasteiger partial charge in [-0.15, -0.1) is 0 Å². The third-order valence-corrected chi connectivity index (χ3v) is 5.22. The maximum absolute atomic E-state index is 13.0. The zero-order valence-corrected chi connectivity index (χ0v) is 14.5. The van der Waals surface area contributed by atoms with Crippen LogP contribution < -0.4 is 5.32 Å². The Kier molecular flexibility index (Phi) is 6.39. The van der Waals surface area contributed by atoms with Gasteiger partial charge in [0.05, 0.1) is 18.8 Å². The summed E-state index contributed by atoms with van der Waals surface area (Å²) in [7, 11) is 0. The first-order chi connectivity index (χ1) is 12.1. The lowest BCUT2D eigenvalue weighted by Gasteiger charge is -2.34. The minimum absolute atomic E-state index is 0.104. The number of benzene rings is 1. The summed E-state index contributed by atoms with van der Waals surface area (Å²) >= 11 is 0. The van der Waals surface area contributed by atoms with E-state index in [1.165, 1.54) is 12.1 Å². The van der Waals surface area contributed by atoms with Crippen LogP contribution in [0.3, 0.4) is 0 Å². The number of piperidine rings is 1. The van der Waals surface area contributed by atoms with Gasteiger partial charge in [0.15, 0.2) is 0 Å². The number of rotatable bonds is 6. The molecule has 3 rings (SSSR count). The third-order valence-electron chi connectivity index (χ3n) is 5.22. The van der Waals surface area contributed by atoms with Gasteiger partial charge in [-0.1, -0.05) is 12.1 Å². The number of aliphatic hydroxyl groups excluding tert-OH is 1. The number of likely N-dealkylation sites (tertiary alicyclic amines) is 1. The normalized spacial score (nSPS) is 23.0. The Balaban J connectivity index is 1.40. The fourth-order valence-corrected chi connectivity index (χ4v) is 3.65. The topological polar surface area (TPSA) is 61.8 Å². The molecule has 25 heavy (non-hydrogen) atoms. The number of halogens is 1. The lowest BCUT2D eigenvalue weighted by atomic mass is 9.87. The first-order valence-corrected chi connectivity index (χ1v) is 9.17. The summed E-state index contributed by atoms with van der Waals surface area (Å²) in [4.78, 5) is 14.1. The van der Waals surface area contributed by atoms with Crippen LogP contribution in [-0.4, -0.2) is 54.8 Å². The average molecular weight is 350 g/mol. The fourth-order valence-electron chi connectivity index (χ4n) is 3.65. The van der Waals surface area contributed by atoms with Gasteiger partial charge in [0.2, 0.25) is 5.91 Å². The number of nitrogens with one attached hydrogen (secondary N) is 1. The molecular weight excluding hydrogens is 323 g/mol. The molecule has 1 amide bonds. The van der Waals surface area contributed by atoms with Crippen molar-refractivity contribution in [2.45, 2.75) is 37.9 Å². The Morgan fingerprint density at radius 2 is 2.00 bits per heavy atom. The summed E-state index contributed by atoms with van der Waals surface area (Å²) in [5, 5.41) is 13.7. The van der Waals surface area contributed by atoms with Crippen LogP contribution in [0, 0.1) is 11.7 Å². The molecule has 138 valence electrons. The quantitative estimate of drug-likeness (QED) is 0.822. The predicted molar refractivity (Wildman–Crippen MR) is 92.5 cm³/mol. The van der Waals surface area contributed by atoms with Crippen LogP contribution in [-0.2, 0) is 9.53 Å². The van der Waals surface area contributed by atoms with E-state index in [4.69, 9.17) is 4.74 Å². The van der Waals surface area contributed by atoms with Crippen LogP contribution in [0.2, 0.25) is 0 Å². The highest BCUT2D eigenvalue weighted by Crippen LogP contribution is 2.30. The Labute approximate surface area is 148 Å². The number of carbonyl (C=O) groups excluding carboxylic acids is 1. The zero-order chi connectivity index (χ0) is 17.6. The van der Waals surface area contributed by atoms with Gasteiger partial charge < -0.3 is 20.1 Å². The van der Waals surface area contributed by atoms with Crippen LogP contribution >= 0.6 is 0 Å². The molecule has 2 aliphatic rings. The van der Waals surface area contributed by atoms with E-state index in [1.54, 1.807) is 12.1 Å². The van der Waals surface area contributed by atoms with Gasteiger partial charge in [-0.3, -0.25) is 4.79 Å². The highest BCUT2D eigenvalue weighted by molar-refractivity contribution is 5.78. The first kappa shape index (κ1) is 18.3. The molecule has 2 heterocycles. The third kappa shape index (κ3) is 5.00. The smallest absolute Gasteiger partial charge is 0.236 e. The van der Waals surface area contributed by atoms with Crippen LogP contribution in [0.4, 0.5) is 4.39 Å². The number of carbonyl (C=O) groups is 1. The lowest BCUT2D eigenvalue weighted by molar-refractivity contribution is -0.132. The monoisotopic (exact) mass is 350 g/mol. The molecule has 1 aromatic carbocycles. The Bertz CT molecular complexity index is 552. The molecule has 2 unspecified atom stereocenters. The number of ether oxygens (including phenoxy) is 1. The largest absolute Gasteiger partial charge is 0.388 e. The van der Waals surface area contributed by atoms with E-state index < -0.39 is 6.10 Å². The predicted octanol–water partition coefficient (Wildman–Crippen LogP) is 1.87. The van der Waals surface area contributed by atoms with Crippen LogP contribution in [0.25, 0.3) is 0 Å². The summed E-state index contributed by atoms with van der Waals surface area (Å²) in [6.45, 7) is 3.20. The van der Waals surface area contributed by atoms with Crippen molar-refractivity contribution < 1.29 is 19.0 Å². The summed E-state index contributed by atoms with van der Waals surface area (Å²) in [5.41, 5.74) is 0.740. The van der Waals surface area contributed by atoms with Crippen molar-refractivity contribution in [3.05, 3.63) is 35.6 Å². The fraction of sp³-hybridized carbons (Fsp3) is 0.632. The molecule has 0 spiro atoms. The van der Waals surface area contributed by atoms with Crippen molar-refractivity contribution in [2.24, 2.45) is 5.92 Å². The molecule has 0 aromatic heterocycles. The number of hydrogen-bond acceptors (Lipinski definition) is 4. The van der Waals surface area contributed by atoms with E-state index in [2.05, 4.69) is 5.32 Å². The van der Waals surface area contributed by atoms with E-state index in [0.717, 1.165) is 44.4 Å². The second kappa shape index (κ2) is 8.74. The Morgan fingerprint density at radius 1 is 1.28 bits per heavy atom. The number of nitrogens with zero attached hydrogens (tertiary/aromatic N) is 1. The van der Waals surface area contributed by atoms with Crippen molar-refractivity contribution in [2.75, 3.05) is 32.8 Å². The molecule has 0 aliphatic carbocycles. The SMILES string of the molecule is O=C(CNCC1CCCO1)N1CCC(C(O)c2ccc(F)cc2)CC1. The molecule has 2 N–H and O–H groups in total. The van der Waals surface area contributed by atoms with Crippen LogP contribution in [0.1, 0.15) is 37.4 Å². The number of amides is 1. The molecule has 2 fully saturated rings. The molecule has 6 heteroatoms. The van der Waals surface area contributed by atoms with Crippen molar-refractivity contribution in [3.63, 3.8) is 0 Å². The van der Waals surface area contributed by atoms with Gasteiger partial charge in [0.1, 0.15) is 5.82 Å². The van der Waals surface area contributed by atoms with E-state index in [1.807, 2.05) is 4.90 Å². The van der Waals surface area contributed by atoms with E-state index in [9.17, 15) is 14.3 Å². The molecule has 0 saturated carbocycles.